The predicted octanol–water partition coefficient (Wildman–Crippen LogP) is 4.38. The molecule has 1 unspecified atom stereocenters. The van der Waals surface area contributed by atoms with E-state index in [0.29, 0.717) is 30.6 Å². The van der Waals surface area contributed by atoms with Crippen molar-refractivity contribution in [3.05, 3.63) is 66.1 Å². The Kier molecular flexibility index (Phi) is 4.29. The fraction of sp³-hybridized carbons (Fsp3) is 0.286. The van der Waals surface area contributed by atoms with Gasteiger partial charge in [0, 0.05) is 24.2 Å². The van der Waals surface area contributed by atoms with E-state index in [4.69, 9.17) is 4.52 Å². The van der Waals surface area contributed by atoms with Crippen LogP contribution in [-0.4, -0.2) is 22.6 Å². The number of carbonyl (C=O) groups excluding carboxylic acids is 1. The maximum absolute atomic E-state index is 12.5. The average Bonchev–Trinajstić information content (AvgIpc) is 3.29. The van der Waals surface area contributed by atoms with E-state index < -0.39 is 0 Å². The molecule has 1 fully saturated rings. The second-order valence-electron chi connectivity index (χ2n) is 6.97. The van der Waals surface area contributed by atoms with Crippen LogP contribution in [0.1, 0.15) is 43.6 Å². The van der Waals surface area contributed by atoms with Crippen LogP contribution < -0.4 is 4.90 Å². The molecule has 1 aromatic heterocycles. The molecule has 2 heterocycles. The van der Waals surface area contributed by atoms with Crippen molar-refractivity contribution in [2.75, 3.05) is 11.4 Å². The Labute approximate surface area is 152 Å². The van der Waals surface area contributed by atoms with Crippen molar-refractivity contribution in [2.45, 2.75) is 32.1 Å². The molecule has 0 N–H and O–H groups in total. The summed E-state index contributed by atoms with van der Waals surface area (Å²) in [5, 5.41) is 4.07. The molecular formula is C21H21N3O2. The zero-order valence-electron chi connectivity index (χ0n) is 14.9. The fourth-order valence-corrected chi connectivity index (χ4v) is 3.27. The van der Waals surface area contributed by atoms with Crippen LogP contribution in [-0.2, 0) is 4.79 Å². The maximum Gasteiger partial charge on any atom is 0.232 e. The van der Waals surface area contributed by atoms with E-state index in [-0.39, 0.29) is 11.8 Å². The molecule has 1 aliphatic heterocycles. The minimum absolute atomic E-state index is 0.0720. The number of hydrogen-bond donors (Lipinski definition) is 0. The molecular weight excluding hydrogens is 326 g/mol. The van der Waals surface area contributed by atoms with E-state index >= 15 is 0 Å². The van der Waals surface area contributed by atoms with E-state index in [1.165, 1.54) is 5.56 Å². The monoisotopic (exact) mass is 347 g/mol. The van der Waals surface area contributed by atoms with Gasteiger partial charge in [0.1, 0.15) is 0 Å². The van der Waals surface area contributed by atoms with Crippen molar-refractivity contribution in [1.29, 1.82) is 0 Å². The third-order valence-corrected chi connectivity index (χ3v) is 4.82. The summed E-state index contributed by atoms with van der Waals surface area (Å²) >= 11 is 0. The lowest BCUT2D eigenvalue weighted by Crippen LogP contribution is -2.24. The standard InChI is InChI=1S/C21H21N3O2/c1-14(2)15-8-10-18(11-9-15)24-13-17(12-19(24)25)21-22-20(23-26-21)16-6-4-3-5-7-16/h3-11,14,17H,12-13H2,1-2H3. The van der Waals surface area contributed by atoms with Gasteiger partial charge in [-0.1, -0.05) is 61.5 Å². The molecule has 5 heteroatoms. The first-order valence-corrected chi connectivity index (χ1v) is 8.91. The number of anilines is 1. The Morgan fingerprint density at radius 3 is 2.50 bits per heavy atom. The van der Waals surface area contributed by atoms with E-state index in [1.54, 1.807) is 4.90 Å². The lowest BCUT2D eigenvalue weighted by Gasteiger charge is -2.17. The smallest absolute Gasteiger partial charge is 0.232 e. The molecule has 0 radical (unpaired) electrons. The minimum Gasteiger partial charge on any atom is -0.339 e. The Morgan fingerprint density at radius 1 is 1.08 bits per heavy atom. The van der Waals surface area contributed by atoms with Crippen molar-refractivity contribution < 1.29 is 9.32 Å². The SMILES string of the molecule is CC(C)c1ccc(N2CC(c3nc(-c4ccccc4)no3)CC2=O)cc1. The summed E-state index contributed by atoms with van der Waals surface area (Å²) < 4.78 is 5.45. The van der Waals surface area contributed by atoms with Gasteiger partial charge in [-0.3, -0.25) is 4.79 Å². The summed E-state index contributed by atoms with van der Waals surface area (Å²) in [7, 11) is 0. The summed E-state index contributed by atoms with van der Waals surface area (Å²) in [6.07, 6.45) is 0.391. The highest BCUT2D eigenvalue weighted by Gasteiger charge is 2.35. The number of amides is 1. The van der Waals surface area contributed by atoms with Gasteiger partial charge in [-0.25, -0.2) is 0 Å². The van der Waals surface area contributed by atoms with Gasteiger partial charge in [-0.2, -0.15) is 4.98 Å². The summed E-state index contributed by atoms with van der Waals surface area (Å²) in [4.78, 5) is 18.8. The number of carbonyl (C=O) groups is 1. The molecule has 1 saturated heterocycles. The van der Waals surface area contributed by atoms with Gasteiger partial charge in [-0.15, -0.1) is 0 Å². The molecule has 2 aromatic carbocycles. The Morgan fingerprint density at radius 2 is 1.81 bits per heavy atom. The van der Waals surface area contributed by atoms with E-state index in [0.717, 1.165) is 11.3 Å². The zero-order valence-corrected chi connectivity index (χ0v) is 14.9. The van der Waals surface area contributed by atoms with Crippen molar-refractivity contribution in [3.8, 4) is 11.4 Å². The molecule has 0 spiro atoms. The second kappa shape index (κ2) is 6.75. The predicted molar refractivity (Wildman–Crippen MR) is 100.0 cm³/mol. The first kappa shape index (κ1) is 16.5. The largest absolute Gasteiger partial charge is 0.339 e. The van der Waals surface area contributed by atoms with Crippen molar-refractivity contribution in [1.82, 2.24) is 10.1 Å². The molecule has 3 aromatic rings. The van der Waals surface area contributed by atoms with Crippen LogP contribution in [0.2, 0.25) is 0 Å². The van der Waals surface area contributed by atoms with Crippen LogP contribution in [0.4, 0.5) is 5.69 Å². The highest BCUT2D eigenvalue weighted by molar-refractivity contribution is 5.96. The van der Waals surface area contributed by atoms with Gasteiger partial charge in [0.25, 0.3) is 0 Å². The van der Waals surface area contributed by atoms with Crippen LogP contribution >= 0.6 is 0 Å². The van der Waals surface area contributed by atoms with Gasteiger partial charge in [0.2, 0.25) is 17.6 Å². The Bertz CT molecular complexity index is 901. The van der Waals surface area contributed by atoms with E-state index in [2.05, 4.69) is 36.1 Å². The second-order valence-corrected chi connectivity index (χ2v) is 6.97. The number of aromatic nitrogens is 2. The zero-order chi connectivity index (χ0) is 18.1. The van der Waals surface area contributed by atoms with Crippen molar-refractivity contribution in [2.24, 2.45) is 0 Å². The summed E-state index contributed by atoms with van der Waals surface area (Å²) in [6, 6.07) is 17.9. The average molecular weight is 347 g/mol. The third-order valence-electron chi connectivity index (χ3n) is 4.82. The molecule has 132 valence electrons. The normalized spacial score (nSPS) is 17.3. The van der Waals surface area contributed by atoms with E-state index in [9.17, 15) is 4.79 Å². The topological polar surface area (TPSA) is 59.2 Å². The lowest BCUT2D eigenvalue weighted by molar-refractivity contribution is -0.117. The molecule has 1 atom stereocenters. The van der Waals surface area contributed by atoms with Gasteiger partial charge < -0.3 is 9.42 Å². The third kappa shape index (κ3) is 3.12. The van der Waals surface area contributed by atoms with Crippen LogP contribution in [0.5, 0.6) is 0 Å². The fourth-order valence-electron chi connectivity index (χ4n) is 3.27. The van der Waals surface area contributed by atoms with Crippen LogP contribution in [0, 0.1) is 0 Å². The lowest BCUT2D eigenvalue weighted by atomic mass is 10.0. The highest BCUT2D eigenvalue weighted by Crippen LogP contribution is 2.32. The summed E-state index contributed by atoms with van der Waals surface area (Å²) in [5.41, 5.74) is 3.10. The van der Waals surface area contributed by atoms with Crippen LogP contribution in [0.3, 0.4) is 0 Å². The van der Waals surface area contributed by atoms with Gasteiger partial charge in [0.15, 0.2) is 0 Å². The maximum atomic E-state index is 12.5. The Hall–Kier alpha value is -2.95. The van der Waals surface area contributed by atoms with Gasteiger partial charge in [0.05, 0.1) is 5.92 Å². The first-order valence-electron chi connectivity index (χ1n) is 8.91. The molecule has 4 rings (SSSR count). The molecule has 0 saturated carbocycles. The summed E-state index contributed by atoms with van der Waals surface area (Å²) in [6.45, 7) is 4.88. The van der Waals surface area contributed by atoms with Gasteiger partial charge >= 0.3 is 0 Å². The van der Waals surface area contributed by atoms with Gasteiger partial charge in [-0.05, 0) is 23.6 Å². The molecule has 5 nitrogen and oxygen atoms in total. The quantitative estimate of drug-likeness (QED) is 0.703. The molecule has 1 amide bonds. The summed E-state index contributed by atoms with van der Waals surface area (Å²) in [5.74, 6) is 1.58. The number of nitrogens with zero attached hydrogens (tertiary/aromatic N) is 3. The molecule has 0 aliphatic carbocycles. The van der Waals surface area contributed by atoms with E-state index in [1.807, 2.05) is 42.5 Å². The molecule has 1 aliphatic rings. The van der Waals surface area contributed by atoms with Crippen molar-refractivity contribution >= 4 is 11.6 Å². The number of hydrogen-bond acceptors (Lipinski definition) is 4. The number of rotatable bonds is 4. The minimum atomic E-state index is -0.0720. The van der Waals surface area contributed by atoms with Crippen LogP contribution in [0.15, 0.2) is 59.1 Å². The Balaban J connectivity index is 1.52. The molecule has 0 bridgehead atoms. The van der Waals surface area contributed by atoms with Crippen LogP contribution in [0.25, 0.3) is 11.4 Å². The van der Waals surface area contributed by atoms with Crippen molar-refractivity contribution in [3.63, 3.8) is 0 Å². The highest BCUT2D eigenvalue weighted by atomic mass is 16.5. The first-order chi connectivity index (χ1) is 12.6. The number of benzene rings is 2. The molecule has 26 heavy (non-hydrogen) atoms.